The number of aliphatic hydroxyl groups is 1. The lowest BCUT2D eigenvalue weighted by Gasteiger charge is -2.27. The zero-order chi connectivity index (χ0) is 17.3. The molecule has 1 aliphatic rings. The average molecular weight is 315 g/mol. The smallest absolute Gasteiger partial charge is 0.170 e. The van der Waals surface area contributed by atoms with Crippen LogP contribution in [0.1, 0.15) is 60.8 Å². The molecule has 4 heteroatoms. The molecule has 0 unspecified atom stereocenters. The van der Waals surface area contributed by atoms with Gasteiger partial charge in [-0.3, -0.25) is 9.59 Å². The number of anilines is 1. The third-order valence-electron chi connectivity index (χ3n) is 4.70. The van der Waals surface area contributed by atoms with Crippen LogP contribution in [0.4, 0.5) is 5.69 Å². The predicted molar refractivity (Wildman–Crippen MR) is 91.6 cm³/mol. The quantitative estimate of drug-likeness (QED) is 0.384. The van der Waals surface area contributed by atoms with Crippen LogP contribution in [-0.2, 0) is 9.59 Å². The molecule has 0 atom stereocenters. The molecule has 0 radical (unpaired) electrons. The van der Waals surface area contributed by atoms with E-state index in [9.17, 15) is 14.7 Å². The zero-order valence-corrected chi connectivity index (χ0v) is 14.3. The highest BCUT2D eigenvalue weighted by Crippen LogP contribution is 2.38. The van der Waals surface area contributed by atoms with Gasteiger partial charge in [0.2, 0.25) is 0 Å². The van der Waals surface area contributed by atoms with Crippen LogP contribution in [0.15, 0.2) is 17.4 Å². The van der Waals surface area contributed by atoms with Crippen LogP contribution < -0.4 is 5.73 Å². The number of carbonyl (C=O) groups excluding carboxylic acids is 2. The highest BCUT2D eigenvalue weighted by Gasteiger charge is 2.35. The van der Waals surface area contributed by atoms with Crippen molar-refractivity contribution in [2.24, 2.45) is 0 Å². The van der Waals surface area contributed by atoms with Crippen molar-refractivity contribution in [2.45, 2.75) is 59.3 Å². The number of nitrogen functional groups attached to an aromatic ring is 1. The van der Waals surface area contributed by atoms with E-state index in [2.05, 4.69) is 0 Å². The fraction of sp³-hybridized carbons (Fsp3) is 0.474. The molecule has 0 aromatic heterocycles. The van der Waals surface area contributed by atoms with Crippen molar-refractivity contribution in [3.63, 3.8) is 0 Å². The maximum Gasteiger partial charge on any atom is 0.170 e. The summed E-state index contributed by atoms with van der Waals surface area (Å²) in [5.41, 5.74) is 10.9. The first-order chi connectivity index (χ1) is 10.8. The lowest BCUT2D eigenvalue weighted by atomic mass is 9.76. The molecule has 1 aromatic carbocycles. The summed E-state index contributed by atoms with van der Waals surface area (Å²) in [5, 5.41) is 9.98. The second-order valence-electron chi connectivity index (χ2n) is 6.49. The molecule has 0 saturated heterocycles. The van der Waals surface area contributed by atoms with E-state index in [0.717, 1.165) is 27.9 Å². The largest absolute Gasteiger partial charge is 0.511 e. The fourth-order valence-corrected chi connectivity index (χ4v) is 3.61. The van der Waals surface area contributed by atoms with Gasteiger partial charge in [0.25, 0.3) is 0 Å². The first-order valence-electron chi connectivity index (χ1n) is 8.12. The SMILES string of the molecule is CCCC(O)=C1C(=O)CC(c2c(C)cc(C)c(N)c2C)CC1=O. The van der Waals surface area contributed by atoms with Gasteiger partial charge in [-0.25, -0.2) is 0 Å². The number of aryl methyl sites for hydroxylation is 2. The van der Waals surface area contributed by atoms with Crippen LogP contribution in [0.25, 0.3) is 0 Å². The number of hydrogen-bond donors (Lipinski definition) is 2. The Labute approximate surface area is 137 Å². The number of hydrogen-bond acceptors (Lipinski definition) is 4. The summed E-state index contributed by atoms with van der Waals surface area (Å²) in [6, 6.07) is 2.01. The Morgan fingerprint density at radius 1 is 1.17 bits per heavy atom. The van der Waals surface area contributed by atoms with Crippen LogP contribution in [0.2, 0.25) is 0 Å². The number of rotatable bonds is 3. The minimum Gasteiger partial charge on any atom is -0.511 e. The van der Waals surface area contributed by atoms with Crippen molar-refractivity contribution in [1.82, 2.24) is 0 Å². The van der Waals surface area contributed by atoms with Crippen molar-refractivity contribution in [1.29, 1.82) is 0 Å². The second-order valence-corrected chi connectivity index (χ2v) is 6.49. The van der Waals surface area contributed by atoms with E-state index in [1.54, 1.807) is 0 Å². The summed E-state index contributed by atoms with van der Waals surface area (Å²) in [6.07, 6.45) is 1.57. The molecular formula is C19H25NO3. The Bertz CT molecular complexity index is 681. The van der Waals surface area contributed by atoms with Crippen LogP contribution >= 0.6 is 0 Å². The summed E-state index contributed by atoms with van der Waals surface area (Å²) in [7, 11) is 0. The van der Waals surface area contributed by atoms with Crippen LogP contribution in [0.5, 0.6) is 0 Å². The lowest BCUT2D eigenvalue weighted by molar-refractivity contribution is -0.124. The Hall–Kier alpha value is -2.10. The minimum absolute atomic E-state index is 0.0125. The van der Waals surface area contributed by atoms with Gasteiger partial charge in [-0.15, -0.1) is 0 Å². The molecule has 3 N–H and O–H groups in total. The Balaban J connectivity index is 2.41. The number of aliphatic hydroxyl groups excluding tert-OH is 1. The standard InChI is InChI=1S/C19H25NO3/c1-5-6-14(21)18-15(22)8-13(9-16(18)23)17-10(2)7-11(3)19(20)12(17)4/h7,13,21H,5-6,8-9,20H2,1-4H3. The van der Waals surface area contributed by atoms with Crippen molar-refractivity contribution in [3.8, 4) is 0 Å². The van der Waals surface area contributed by atoms with Crippen molar-refractivity contribution in [2.75, 3.05) is 5.73 Å². The number of nitrogens with two attached hydrogens (primary N) is 1. The fourth-order valence-electron chi connectivity index (χ4n) is 3.61. The van der Waals surface area contributed by atoms with Gasteiger partial charge in [0, 0.05) is 24.9 Å². The molecule has 1 aromatic rings. The molecule has 124 valence electrons. The van der Waals surface area contributed by atoms with Gasteiger partial charge >= 0.3 is 0 Å². The van der Waals surface area contributed by atoms with E-state index >= 15 is 0 Å². The van der Waals surface area contributed by atoms with Gasteiger partial charge < -0.3 is 10.8 Å². The molecule has 0 aliphatic heterocycles. The Morgan fingerprint density at radius 2 is 1.74 bits per heavy atom. The summed E-state index contributed by atoms with van der Waals surface area (Å²) in [5.74, 6) is -0.723. The summed E-state index contributed by atoms with van der Waals surface area (Å²) in [4.78, 5) is 24.8. The minimum atomic E-state index is -0.254. The monoisotopic (exact) mass is 315 g/mol. The first-order valence-corrected chi connectivity index (χ1v) is 8.12. The first kappa shape index (κ1) is 17.3. The normalized spacial score (nSPS) is 18.4. The summed E-state index contributed by atoms with van der Waals surface area (Å²) in [6.45, 7) is 7.79. The van der Waals surface area contributed by atoms with E-state index in [0.29, 0.717) is 12.8 Å². The maximum atomic E-state index is 12.4. The molecule has 23 heavy (non-hydrogen) atoms. The van der Waals surface area contributed by atoms with Gasteiger partial charge in [-0.2, -0.15) is 0 Å². The van der Waals surface area contributed by atoms with Gasteiger partial charge in [0.1, 0.15) is 5.76 Å². The number of benzene rings is 1. The number of Topliss-reactive ketones (excluding diaryl/α,β-unsaturated/α-hetero) is 2. The topological polar surface area (TPSA) is 80.4 Å². The van der Waals surface area contributed by atoms with E-state index in [1.165, 1.54) is 0 Å². The van der Waals surface area contributed by atoms with Crippen LogP contribution in [0.3, 0.4) is 0 Å². The predicted octanol–water partition coefficient (Wildman–Crippen LogP) is 3.82. The Kier molecular flexibility index (Phi) is 4.93. The van der Waals surface area contributed by atoms with Crippen molar-refractivity contribution < 1.29 is 14.7 Å². The molecular weight excluding hydrogens is 290 g/mol. The second kappa shape index (κ2) is 6.57. The molecule has 0 amide bonds. The lowest BCUT2D eigenvalue weighted by Crippen LogP contribution is -2.27. The van der Waals surface area contributed by atoms with Crippen LogP contribution in [0, 0.1) is 20.8 Å². The molecule has 0 heterocycles. The van der Waals surface area contributed by atoms with E-state index in [-0.39, 0.29) is 41.7 Å². The van der Waals surface area contributed by atoms with E-state index in [4.69, 9.17) is 5.73 Å². The number of allylic oxidation sites excluding steroid dienone is 2. The molecule has 1 aliphatic carbocycles. The van der Waals surface area contributed by atoms with Crippen LogP contribution in [-0.4, -0.2) is 16.7 Å². The van der Waals surface area contributed by atoms with Crippen molar-refractivity contribution >= 4 is 17.3 Å². The molecule has 1 saturated carbocycles. The molecule has 0 bridgehead atoms. The summed E-state index contributed by atoms with van der Waals surface area (Å²) < 4.78 is 0. The molecule has 0 spiro atoms. The number of carbonyl (C=O) groups is 2. The summed E-state index contributed by atoms with van der Waals surface area (Å²) >= 11 is 0. The number of ketones is 2. The van der Waals surface area contributed by atoms with Crippen molar-refractivity contribution in [3.05, 3.63) is 39.7 Å². The Morgan fingerprint density at radius 3 is 2.26 bits per heavy atom. The third-order valence-corrected chi connectivity index (χ3v) is 4.70. The van der Waals surface area contributed by atoms with E-state index < -0.39 is 0 Å². The molecule has 1 fully saturated rings. The zero-order valence-electron chi connectivity index (χ0n) is 14.3. The third kappa shape index (κ3) is 3.16. The molecule has 4 nitrogen and oxygen atoms in total. The molecule has 2 rings (SSSR count). The van der Waals surface area contributed by atoms with E-state index in [1.807, 2.05) is 33.8 Å². The van der Waals surface area contributed by atoms with Gasteiger partial charge in [0.05, 0.1) is 5.57 Å². The maximum absolute atomic E-state index is 12.4. The highest BCUT2D eigenvalue weighted by molar-refractivity contribution is 6.22. The van der Waals surface area contributed by atoms with Gasteiger partial charge in [0.15, 0.2) is 11.6 Å². The average Bonchev–Trinajstić information content (AvgIpc) is 2.44. The van der Waals surface area contributed by atoms with Gasteiger partial charge in [-0.1, -0.05) is 13.0 Å². The van der Waals surface area contributed by atoms with Gasteiger partial charge in [-0.05, 0) is 55.4 Å². The highest BCUT2D eigenvalue weighted by atomic mass is 16.3.